The summed E-state index contributed by atoms with van der Waals surface area (Å²) in [5.41, 5.74) is 1.55. The van der Waals surface area contributed by atoms with Crippen LogP contribution in [0.25, 0.3) is 10.2 Å². The van der Waals surface area contributed by atoms with Crippen LogP contribution in [-0.2, 0) is 14.6 Å². The largest absolute Gasteiger partial charge is 0.494 e. The molecule has 0 radical (unpaired) electrons. The number of fused-ring (bicyclic) bond motifs is 1. The third kappa shape index (κ3) is 6.58. The van der Waals surface area contributed by atoms with Gasteiger partial charge in [-0.1, -0.05) is 40.6 Å². The number of carbonyl (C=O) groups excluding carboxylic acids is 1. The van der Waals surface area contributed by atoms with E-state index in [1.54, 1.807) is 43.5 Å². The summed E-state index contributed by atoms with van der Waals surface area (Å²) in [4.78, 5) is 21.4. The van der Waals surface area contributed by atoms with Crippen molar-refractivity contribution in [1.29, 1.82) is 0 Å². The first kappa shape index (κ1) is 27.3. The van der Waals surface area contributed by atoms with Gasteiger partial charge in [-0.05, 0) is 45.3 Å². The normalized spacial score (nSPS) is 11.5. The monoisotopic (exact) mass is 531 g/mol. The first-order valence-electron chi connectivity index (χ1n) is 10.00. The fourth-order valence-corrected chi connectivity index (χ4v) is 5.60. The van der Waals surface area contributed by atoms with Crippen LogP contribution in [0.15, 0.2) is 41.3 Å². The maximum atomic E-state index is 13.1. The minimum atomic E-state index is -3.58. The van der Waals surface area contributed by atoms with Crippen LogP contribution in [0.5, 0.6) is 5.75 Å². The van der Waals surface area contributed by atoms with Crippen molar-refractivity contribution < 1.29 is 17.9 Å². The highest BCUT2D eigenvalue weighted by molar-refractivity contribution is 7.91. The van der Waals surface area contributed by atoms with Gasteiger partial charge in [0.25, 0.3) is 0 Å². The summed E-state index contributed by atoms with van der Waals surface area (Å²) in [7, 11) is 1.78. The van der Waals surface area contributed by atoms with Crippen molar-refractivity contribution in [3.8, 4) is 5.75 Å². The molecule has 0 saturated carbocycles. The number of thiazole rings is 1. The Balaban J connectivity index is 0.00000385. The lowest BCUT2D eigenvalue weighted by Crippen LogP contribution is -2.37. The van der Waals surface area contributed by atoms with Crippen molar-refractivity contribution >= 4 is 66.4 Å². The molecule has 7 nitrogen and oxygen atoms in total. The van der Waals surface area contributed by atoms with Gasteiger partial charge in [-0.15, -0.1) is 12.4 Å². The maximum Gasteiger partial charge on any atom is 0.229 e. The number of carbonyl (C=O) groups is 1. The van der Waals surface area contributed by atoms with E-state index in [-0.39, 0.29) is 35.4 Å². The highest BCUT2D eigenvalue weighted by Crippen LogP contribution is 2.38. The molecule has 0 aliphatic carbocycles. The summed E-state index contributed by atoms with van der Waals surface area (Å²) in [6.45, 7) is 2.86. The molecule has 0 spiro atoms. The average molecular weight is 533 g/mol. The molecule has 3 aromatic rings. The number of hydrogen-bond donors (Lipinski definition) is 0. The quantitative estimate of drug-likeness (QED) is 0.405. The Morgan fingerprint density at radius 1 is 1.12 bits per heavy atom. The Kier molecular flexibility index (Phi) is 9.51. The van der Waals surface area contributed by atoms with Gasteiger partial charge in [0.2, 0.25) is 5.91 Å². The summed E-state index contributed by atoms with van der Waals surface area (Å²) in [5.74, 6) is -0.0203. The zero-order valence-electron chi connectivity index (χ0n) is 18.9. The predicted octanol–water partition coefficient (Wildman–Crippen LogP) is 4.45. The molecule has 2 aromatic carbocycles. The standard InChI is InChI=1S/C22H26ClN3O4S2.ClH/c1-15-5-7-16(8-6-15)32(28,29)14-11-19(27)26(13-12-25(2)3)22-24-20-18(30-4)10-9-17(23)21(20)31-22;/h5-10H,11-14H2,1-4H3;1H. The minimum Gasteiger partial charge on any atom is -0.494 e. The summed E-state index contributed by atoms with van der Waals surface area (Å²) in [6, 6.07) is 10.1. The van der Waals surface area contributed by atoms with E-state index in [9.17, 15) is 13.2 Å². The van der Waals surface area contributed by atoms with Crippen molar-refractivity contribution in [1.82, 2.24) is 9.88 Å². The van der Waals surface area contributed by atoms with Gasteiger partial charge in [0.15, 0.2) is 15.0 Å². The third-order valence-corrected chi connectivity index (χ3v) is 8.21. The Bertz CT molecular complexity index is 1210. The molecule has 0 bridgehead atoms. The highest BCUT2D eigenvalue weighted by Gasteiger charge is 2.24. The molecular weight excluding hydrogens is 505 g/mol. The van der Waals surface area contributed by atoms with E-state index < -0.39 is 9.84 Å². The number of ether oxygens (including phenoxy) is 1. The van der Waals surface area contributed by atoms with Gasteiger partial charge in [0, 0.05) is 19.5 Å². The highest BCUT2D eigenvalue weighted by atomic mass is 35.5. The first-order chi connectivity index (χ1) is 15.1. The van der Waals surface area contributed by atoms with Gasteiger partial charge in [0.1, 0.15) is 11.3 Å². The van der Waals surface area contributed by atoms with E-state index in [1.165, 1.54) is 16.2 Å². The van der Waals surface area contributed by atoms with Crippen molar-refractivity contribution in [3.63, 3.8) is 0 Å². The fourth-order valence-electron chi connectivity index (χ4n) is 3.07. The molecule has 0 fully saturated rings. The Morgan fingerprint density at radius 2 is 1.79 bits per heavy atom. The lowest BCUT2D eigenvalue weighted by molar-refractivity contribution is -0.118. The lowest BCUT2D eigenvalue weighted by Gasteiger charge is -2.22. The molecule has 0 unspecified atom stereocenters. The molecule has 3 rings (SSSR count). The molecule has 0 aliphatic heterocycles. The maximum absolute atomic E-state index is 13.1. The molecule has 11 heteroatoms. The van der Waals surface area contributed by atoms with E-state index in [4.69, 9.17) is 16.3 Å². The minimum absolute atomic E-state index is 0. The number of rotatable bonds is 9. The molecule has 1 heterocycles. The number of benzene rings is 2. The van der Waals surface area contributed by atoms with Gasteiger partial charge in [-0.2, -0.15) is 0 Å². The van der Waals surface area contributed by atoms with Gasteiger partial charge in [-0.3, -0.25) is 9.69 Å². The van der Waals surface area contributed by atoms with E-state index >= 15 is 0 Å². The summed E-state index contributed by atoms with van der Waals surface area (Å²) in [6.07, 6.45) is -0.148. The molecule has 0 aliphatic rings. The average Bonchev–Trinajstić information content (AvgIpc) is 3.19. The van der Waals surface area contributed by atoms with E-state index in [0.717, 1.165) is 10.3 Å². The van der Waals surface area contributed by atoms with Crippen molar-refractivity contribution in [2.75, 3.05) is 44.9 Å². The zero-order chi connectivity index (χ0) is 23.5. The second-order valence-electron chi connectivity index (χ2n) is 7.65. The SMILES string of the molecule is COc1ccc(Cl)c2sc(N(CCN(C)C)C(=O)CCS(=O)(=O)c3ccc(C)cc3)nc12.Cl. The first-order valence-corrected chi connectivity index (χ1v) is 12.8. The Morgan fingerprint density at radius 3 is 2.39 bits per heavy atom. The molecular formula is C22H27Cl2N3O4S2. The number of anilines is 1. The van der Waals surface area contributed by atoms with Crippen LogP contribution >= 0.6 is 35.3 Å². The number of aryl methyl sites for hydroxylation is 1. The molecule has 0 N–H and O–H groups in total. The second kappa shape index (κ2) is 11.5. The predicted molar refractivity (Wildman–Crippen MR) is 137 cm³/mol. The van der Waals surface area contributed by atoms with E-state index in [2.05, 4.69) is 4.98 Å². The fraction of sp³-hybridized carbons (Fsp3) is 0.364. The zero-order valence-corrected chi connectivity index (χ0v) is 22.1. The number of methoxy groups -OCH3 is 1. The van der Waals surface area contributed by atoms with Gasteiger partial charge in [0.05, 0.1) is 27.5 Å². The van der Waals surface area contributed by atoms with Gasteiger partial charge < -0.3 is 9.64 Å². The number of likely N-dealkylation sites (N-methyl/N-ethyl adjacent to an activating group) is 1. The van der Waals surface area contributed by atoms with Crippen LogP contribution in [0, 0.1) is 6.92 Å². The number of hydrogen-bond acceptors (Lipinski definition) is 7. The molecule has 180 valence electrons. The van der Waals surface area contributed by atoms with Crippen LogP contribution in [0.4, 0.5) is 5.13 Å². The van der Waals surface area contributed by atoms with Crippen molar-refractivity contribution in [3.05, 3.63) is 47.0 Å². The number of aromatic nitrogens is 1. The number of nitrogens with zero attached hydrogens (tertiary/aromatic N) is 3. The number of amides is 1. The Labute approximate surface area is 209 Å². The molecule has 1 aromatic heterocycles. The van der Waals surface area contributed by atoms with Crippen LogP contribution in [0.2, 0.25) is 5.02 Å². The molecule has 33 heavy (non-hydrogen) atoms. The van der Waals surface area contributed by atoms with Crippen LogP contribution in [0.3, 0.4) is 0 Å². The van der Waals surface area contributed by atoms with Crippen molar-refractivity contribution in [2.45, 2.75) is 18.2 Å². The second-order valence-corrected chi connectivity index (χ2v) is 11.1. The van der Waals surface area contributed by atoms with Crippen molar-refractivity contribution in [2.24, 2.45) is 0 Å². The Hall–Kier alpha value is -1.91. The van der Waals surface area contributed by atoms with Crippen LogP contribution in [-0.4, -0.2) is 64.3 Å². The molecule has 1 amide bonds. The van der Waals surface area contributed by atoms with Gasteiger partial charge >= 0.3 is 0 Å². The lowest BCUT2D eigenvalue weighted by atomic mass is 10.2. The number of halogens is 2. The summed E-state index contributed by atoms with van der Waals surface area (Å²) >= 11 is 7.62. The van der Waals surface area contributed by atoms with Crippen LogP contribution < -0.4 is 9.64 Å². The van der Waals surface area contributed by atoms with Gasteiger partial charge in [-0.25, -0.2) is 13.4 Å². The third-order valence-electron chi connectivity index (χ3n) is 4.93. The van der Waals surface area contributed by atoms with Crippen LogP contribution in [0.1, 0.15) is 12.0 Å². The summed E-state index contributed by atoms with van der Waals surface area (Å²) < 4.78 is 31.5. The topological polar surface area (TPSA) is 79.8 Å². The summed E-state index contributed by atoms with van der Waals surface area (Å²) in [5, 5.41) is 0.984. The number of sulfone groups is 1. The van der Waals surface area contributed by atoms with E-state index in [0.29, 0.717) is 34.5 Å². The molecule has 0 saturated heterocycles. The smallest absolute Gasteiger partial charge is 0.229 e. The van der Waals surface area contributed by atoms with E-state index in [1.807, 2.05) is 25.9 Å². The molecule has 0 atom stereocenters.